The minimum atomic E-state index is -1.81. The van der Waals surface area contributed by atoms with Crippen molar-refractivity contribution in [3.05, 3.63) is 123 Å². The Bertz CT molecular complexity index is 1790. The first-order chi connectivity index (χ1) is 35.6. The van der Waals surface area contributed by atoms with Gasteiger partial charge in [0.15, 0.2) is 10.6 Å². The molecule has 0 saturated carbocycles. The largest absolute Gasteiger partial charge is 0.481 e. The Morgan fingerprint density at radius 1 is 0.526 bits per heavy atom. The van der Waals surface area contributed by atoms with Crippen molar-refractivity contribution in [2.75, 3.05) is 83.8 Å². The van der Waals surface area contributed by atoms with Crippen LogP contribution in [-0.2, 0) is 78.7 Å². The van der Waals surface area contributed by atoms with Gasteiger partial charge in [0.1, 0.15) is 6.29 Å². The zero-order valence-corrected chi connectivity index (χ0v) is 51.7. The van der Waals surface area contributed by atoms with Gasteiger partial charge in [0.2, 0.25) is 0 Å². The predicted octanol–water partition coefficient (Wildman–Crippen LogP) is 9.68. The summed E-state index contributed by atoms with van der Waals surface area (Å²) < 4.78 is 71.1. The Morgan fingerprint density at radius 2 is 0.789 bits per heavy atom. The van der Waals surface area contributed by atoms with Gasteiger partial charge in [0.05, 0.1) is 5.92 Å². The summed E-state index contributed by atoms with van der Waals surface area (Å²) in [4.78, 5) is 41.5. The number of carbonyl (C=O) groups excluding carboxylic acids is 4. The first kappa shape index (κ1) is 79.9. The summed E-state index contributed by atoms with van der Waals surface area (Å²) in [7, 11) is 8.52. The van der Waals surface area contributed by atoms with Crippen LogP contribution in [-0.4, -0.2) is 149 Å². The molecule has 0 radical (unpaired) electrons. The molecule has 0 amide bonds. The summed E-state index contributed by atoms with van der Waals surface area (Å²) in [6, 6.07) is 22.0. The number of aldehydes is 1. The maximum Gasteiger partial charge on any atom is 0.415 e. The molecule has 0 aromatic heterocycles. The molecule has 0 spiro atoms. The lowest BCUT2D eigenvalue weighted by atomic mass is 10.1. The molecule has 0 saturated heterocycles. The van der Waals surface area contributed by atoms with Crippen LogP contribution in [0, 0.1) is 5.92 Å². The molecule has 0 aliphatic rings. The Labute approximate surface area is 457 Å². The van der Waals surface area contributed by atoms with E-state index in [0.29, 0.717) is 6.29 Å². The molecule has 434 valence electrons. The van der Waals surface area contributed by atoms with Gasteiger partial charge in [-0.3, -0.25) is 4.79 Å². The molecule has 0 heterocycles. The number of hydrogen-bond acceptors (Lipinski definition) is 20. The van der Waals surface area contributed by atoms with Crippen LogP contribution in [0.4, 0.5) is 0 Å². The summed E-state index contributed by atoms with van der Waals surface area (Å²) in [5.41, 5.74) is 0.454. The molecular weight excluding hydrogens is 1060 g/mol. The average Bonchev–Trinajstić information content (AvgIpc) is 3.39. The van der Waals surface area contributed by atoms with Crippen molar-refractivity contribution in [3.8, 4) is 0 Å². The normalized spacial score (nSPS) is 10.6. The highest BCUT2D eigenvalue weighted by Crippen LogP contribution is 2.19. The topological polar surface area (TPSA) is 257 Å². The molecule has 0 bridgehead atoms. The third-order valence-electron chi connectivity index (χ3n) is 9.70. The van der Waals surface area contributed by atoms with Crippen molar-refractivity contribution in [2.45, 2.75) is 84.2 Å². The number of methoxy groups -OCH3 is 3. The van der Waals surface area contributed by atoms with Crippen LogP contribution in [0.5, 0.6) is 0 Å². The monoisotopic (exact) mass is 1150 g/mol. The van der Waals surface area contributed by atoms with E-state index in [0.717, 1.165) is 67.8 Å². The van der Waals surface area contributed by atoms with Gasteiger partial charge in [-0.25, -0.2) is 9.59 Å². The lowest BCUT2D eigenvalue weighted by Crippen LogP contribution is -2.36. The fourth-order valence-corrected chi connectivity index (χ4v) is 9.87. The van der Waals surface area contributed by atoms with Gasteiger partial charge in [-0.05, 0) is 115 Å². The molecule has 0 aliphatic carbocycles. The minimum Gasteiger partial charge on any atom is -0.481 e. The van der Waals surface area contributed by atoms with Crippen molar-refractivity contribution >= 4 is 68.3 Å². The number of esters is 3. The third kappa shape index (κ3) is 47.5. The molecule has 76 heavy (non-hydrogen) atoms. The van der Waals surface area contributed by atoms with Crippen LogP contribution in [0.25, 0.3) is 0 Å². The second kappa shape index (κ2) is 49.6. The summed E-state index contributed by atoms with van der Waals surface area (Å²) in [5.74, 6) is -4.37. The fourth-order valence-electron chi connectivity index (χ4n) is 4.60. The van der Waals surface area contributed by atoms with Crippen molar-refractivity contribution < 1.29 is 94.0 Å². The molecule has 2 aromatic rings. The first-order valence-electron chi connectivity index (χ1n) is 23.5. The van der Waals surface area contributed by atoms with Crippen LogP contribution < -0.4 is 10.6 Å². The lowest BCUT2D eigenvalue weighted by molar-refractivity contribution is -0.148. The standard InChI is InChI=1S/C12H10OP.C7H10O4.3C7H18O3Si.2C6H8O3/c13-14(11-7-3-1-4-8-11)12-9-5-2-6-10-12;1-5(3-4-8)7(10)11-6(2)9;3*1-8-6-5-7-11(4,9-2)10-3;2*1-4(2)6(8)9-5(3)7/h1-10H;4-5,9H,2-3H2,1H3;3*5-7H2,1-4H3;2*7H,1,3H2,2H3/q+1;;;;;;. The smallest absolute Gasteiger partial charge is 0.415 e. The summed E-state index contributed by atoms with van der Waals surface area (Å²) >= 11 is 0. The van der Waals surface area contributed by atoms with E-state index in [9.17, 15) is 23.7 Å². The zero-order chi connectivity index (χ0) is 59.8. The van der Waals surface area contributed by atoms with Crippen molar-refractivity contribution in [3.63, 3.8) is 0 Å². The SMILES string of the molecule is C=C(O)OC(=O)C(=C)C.C=C(O)OC(=O)C(=C)C.C=C(O)OC(=O)C(C)CC=O.COCCC[Si](C)(OC)OC.COCCC[Si](C)(OC)OC.COCCC[Si](C)(OC)OC.O=[P+](c1ccccc1)c1ccccc1. The minimum absolute atomic E-state index is 0.0894. The Kier molecular flexibility index (Phi) is 52.1. The van der Waals surface area contributed by atoms with Gasteiger partial charge >= 0.3 is 51.4 Å². The summed E-state index contributed by atoms with van der Waals surface area (Å²) in [6.07, 6.45) is 3.75. The number of carbonyl (C=O) groups is 4. The van der Waals surface area contributed by atoms with Gasteiger partial charge in [-0.1, -0.05) is 61.0 Å². The molecule has 1 unspecified atom stereocenters. The number of rotatable bonds is 28. The van der Waals surface area contributed by atoms with Gasteiger partial charge in [0.25, 0.3) is 17.8 Å². The third-order valence-corrected chi connectivity index (χ3v) is 20.2. The van der Waals surface area contributed by atoms with E-state index in [1.165, 1.54) is 20.8 Å². The van der Waals surface area contributed by atoms with E-state index >= 15 is 0 Å². The Morgan fingerprint density at radius 3 is 0.974 bits per heavy atom. The summed E-state index contributed by atoms with van der Waals surface area (Å²) in [6.45, 7) is 28.4. The number of aliphatic hydroxyl groups is 3. The van der Waals surface area contributed by atoms with Crippen LogP contribution in [0.1, 0.15) is 46.5 Å². The van der Waals surface area contributed by atoms with Crippen molar-refractivity contribution in [1.82, 2.24) is 0 Å². The van der Waals surface area contributed by atoms with E-state index in [2.05, 4.69) is 66.7 Å². The fraction of sp³-hybridized carbons (Fsp3) is 0.500. The quantitative estimate of drug-likeness (QED) is 0.0105. The second-order valence-electron chi connectivity index (χ2n) is 16.1. The van der Waals surface area contributed by atoms with Gasteiger partial charge in [-0.15, -0.1) is 0 Å². The molecule has 0 fully saturated rings. The van der Waals surface area contributed by atoms with Gasteiger partial charge in [-0.2, -0.15) is 0 Å². The molecule has 2 rings (SSSR count). The summed E-state index contributed by atoms with van der Waals surface area (Å²) in [5, 5.41) is 26.8. The van der Waals surface area contributed by atoms with Crippen molar-refractivity contribution in [2.24, 2.45) is 5.92 Å². The van der Waals surface area contributed by atoms with E-state index in [1.807, 2.05) is 60.7 Å². The number of ether oxygens (including phenoxy) is 6. The Balaban J connectivity index is -0.000000259. The van der Waals surface area contributed by atoms with E-state index < -0.39 is 75.1 Å². The molecule has 1 atom stereocenters. The molecule has 20 nitrogen and oxygen atoms in total. The maximum atomic E-state index is 12.0. The first-order valence-corrected chi connectivity index (χ1v) is 32.3. The molecular formula is C52H90O20PSi3+. The zero-order valence-electron chi connectivity index (χ0n) is 47.8. The van der Waals surface area contributed by atoms with Gasteiger partial charge < -0.3 is 75.1 Å². The molecule has 2 aromatic carbocycles. The van der Waals surface area contributed by atoms with E-state index in [-0.39, 0.29) is 17.6 Å². The maximum absolute atomic E-state index is 12.0. The van der Waals surface area contributed by atoms with E-state index in [4.69, 9.17) is 56.1 Å². The number of aliphatic hydroxyl groups excluding tert-OH is 3. The average molecular weight is 1150 g/mol. The highest BCUT2D eigenvalue weighted by atomic mass is 31.1. The predicted molar refractivity (Wildman–Crippen MR) is 304 cm³/mol. The molecule has 0 aliphatic heterocycles. The van der Waals surface area contributed by atoms with Gasteiger partial charge in [0, 0.05) is 101 Å². The Hall–Kier alpha value is -4.99. The van der Waals surface area contributed by atoms with Crippen LogP contribution >= 0.6 is 7.80 Å². The van der Waals surface area contributed by atoms with E-state index in [1.54, 1.807) is 64.0 Å². The highest BCUT2D eigenvalue weighted by Gasteiger charge is 2.29. The number of benzene rings is 2. The molecule has 3 N–H and O–H groups in total. The second-order valence-corrected chi connectivity index (χ2v) is 28.5. The van der Waals surface area contributed by atoms with Crippen molar-refractivity contribution in [1.29, 1.82) is 0 Å². The van der Waals surface area contributed by atoms with Crippen LogP contribution in [0.2, 0.25) is 37.8 Å². The lowest BCUT2D eigenvalue weighted by Gasteiger charge is -2.22. The number of hydrogen-bond donors (Lipinski definition) is 3. The highest BCUT2D eigenvalue weighted by molar-refractivity contribution is 7.61. The van der Waals surface area contributed by atoms with Crippen LogP contribution in [0.15, 0.2) is 123 Å². The van der Waals surface area contributed by atoms with Crippen LogP contribution in [0.3, 0.4) is 0 Å². The molecule has 24 heteroatoms.